The second-order valence-electron chi connectivity index (χ2n) is 4.56. The van der Waals surface area contributed by atoms with Gasteiger partial charge in [-0.3, -0.25) is 0 Å². The molecule has 0 N–H and O–H groups in total. The SMILES string of the molecule is CCS(=O)(=O)c1ccc2oc(/C=C/c3ccc(Cl)s3)nc2c1. The minimum absolute atomic E-state index is 0.0578. The largest absolute Gasteiger partial charge is 0.437 e. The zero-order valence-electron chi connectivity index (χ0n) is 11.6. The van der Waals surface area contributed by atoms with Gasteiger partial charge in [0.25, 0.3) is 0 Å². The summed E-state index contributed by atoms with van der Waals surface area (Å²) in [4.78, 5) is 5.54. The lowest BCUT2D eigenvalue weighted by Gasteiger charge is -1.99. The zero-order valence-corrected chi connectivity index (χ0v) is 14.0. The van der Waals surface area contributed by atoms with Crippen molar-refractivity contribution in [3.63, 3.8) is 0 Å². The number of oxazole rings is 1. The molecule has 0 atom stereocenters. The second kappa shape index (κ2) is 5.87. The maximum absolute atomic E-state index is 11.9. The predicted molar refractivity (Wildman–Crippen MR) is 90.0 cm³/mol. The van der Waals surface area contributed by atoms with E-state index in [0.29, 0.717) is 21.3 Å². The van der Waals surface area contributed by atoms with Gasteiger partial charge in [-0.2, -0.15) is 0 Å². The molecule has 2 aromatic heterocycles. The van der Waals surface area contributed by atoms with Crippen molar-refractivity contribution >= 4 is 56.0 Å². The van der Waals surface area contributed by atoms with E-state index in [2.05, 4.69) is 4.98 Å². The molecule has 0 bridgehead atoms. The predicted octanol–water partition coefficient (Wildman–Crippen LogP) is 4.51. The van der Waals surface area contributed by atoms with Crippen LogP contribution in [0.3, 0.4) is 0 Å². The standard InChI is InChI=1S/C15H12ClNO3S2/c1-2-22(18,19)11-5-6-13-12(9-11)17-15(20-13)8-4-10-3-7-14(16)21-10/h3-9H,2H2,1H3/b8-4+. The van der Waals surface area contributed by atoms with Gasteiger partial charge in [-0.15, -0.1) is 11.3 Å². The van der Waals surface area contributed by atoms with E-state index in [4.69, 9.17) is 16.0 Å². The fraction of sp³-hybridized carbons (Fsp3) is 0.133. The highest BCUT2D eigenvalue weighted by Gasteiger charge is 2.14. The van der Waals surface area contributed by atoms with Gasteiger partial charge in [-0.25, -0.2) is 13.4 Å². The Hall–Kier alpha value is -1.63. The molecule has 0 saturated carbocycles. The maximum Gasteiger partial charge on any atom is 0.220 e. The summed E-state index contributed by atoms with van der Waals surface area (Å²) < 4.78 is 30.1. The number of benzene rings is 1. The summed E-state index contributed by atoms with van der Waals surface area (Å²) in [6.07, 6.45) is 3.58. The molecule has 0 spiro atoms. The Morgan fingerprint density at radius 2 is 2.09 bits per heavy atom. The molecular weight excluding hydrogens is 342 g/mol. The Morgan fingerprint density at radius 3 is 2.77 bits per heavy atom. The van der Waals surface area contributed by atoms with Crippen LogP contribution < -0.4 is 0 Å². The molecule has 3 aromatic rings. The minimum Gasteiger partial charge on any atom is -0.437 e. The molecule has 0 radical (unpaired) electrons. The Balaban J connectivity index is 1.95. The fourth-order valence-corrected chi connectivity index (χ4v) is 3.79. The summed E-state index contributed by atoms with van der Waals surface area (Å²) in [6.45, 7) is 1.61. The molecule has 0 aliphatic heterocycles. The lowest BCUT2D eigenvalue weighted by atomic mass is 10.3. The van der Waals surface area contributed by atoms with Crippen molar-refractivity contribution < 1.29 is 12.8 Å². The van der Waals surface area contributed by atoms with Gasteiger partial charge in [0.2, 0.25) is 5.89 Å². The number of hydrogen-bond acceptors (Lipinski definition) is 5. The van der Waals surface area contributed by atoms with Crippen LogP contribution in [0.2, 0.25) is 4.34 Å². The number of halogens is 1. The van der Waals surface area contributed by atoms with E-state index in [1.54, 1.807) is 25.1 Å². The minimum atomic E-state index is -3.25. The van der Waals surface area contributed by atoms with Crippen molar-refractivity contribution in [1.29, 1.82) is 0 Å². The quantitative estimate of drug-likeness (QED) is 0.692. The van der Waals surface area contributed by atoms with E-state index in [-0.39, 0.29) is 10.6 Å². The van der Waals surface area contributed by atoms with Crippen molar-refractivity contribution in [1.82, 2.24) is 4.98 Å². The van der Waals surface area contributed by atoms with Gasteiger partial charge in [-0.05, 0) is 36.4 Å². The number of hydrogen-bond donors (Lipinski definition) is 0. The van der Waals surface area contributed by atoms with E-state index in [9.17, 15) is 8.42 Å². The summed E-state index contributed by atoms with van der Waals surface area (Å²) in [5.74, 6) is 0.480. The third-order valence-corrected chi connectivity index (χ3v) is 6.03. The summed E-state index contributed by atoms with van der Waals surface area (Å²) in [5.41, 5.74) is 1.08. The molecule has 22 heavy (non-hydrogen) atoms. The lowest BCUT2D eigenvalue weighted by molar-refractivity contribution is 0.589. The van der Waals surface area contributed by atoms with Crippen LogP contribution in [0, 0.1) is 0 Å². The third-order valence-electron chi connectivity index (χ3n) is 3.10. The zero-order chi connectivity index (χ0) is 15.7. The molecule has 0 aliphatic rings. The highest BCUT2D eigenvalue weighted by atomic mass is 35.5. The molecule has 4 nitrogen and oxygen atoms in total. The van der Waals surface area contributed by atoms with Gasteiger partial charge in [0.05, 0.1) is 15.0 Å². The average Bonchev–Trinajstić information content (AvgIpc) is 3.09. The number of rotatable bonds is 4. The van der Waals surface area contributed by atoms with Gasteiger partial charge in [0.1, 0.15) is 5.52 Å². The Labute approximate surface area is 137 Å². The molecule has 2 heterocycles. The normalized spacial score (nSPS) is 12.5. The number of nitrogens with zero attached hydrogens (tertiary/aromatic N) is 1. The van der Waals surface area contributed by atoms with E-state index < -0.39 is 9.84 Å². The summed E-state index contributed by atoms with van der Waals surface area (Å²) in [5, 5.41) is 0. The molecule has 3 rings (SSSR count). The topological polar surface area (TPSA) is 60.2 Å². The van der Waals surface area contributed by atoms with Gasteiger partial charge >= 0.3 is 0 Å². The van der Waals surface area contributed by atoms with E-state index in [1.807, 2.05) is 18.2 Å². The van der Waals surface area contributed by atoms with E-state index >= 15 is 0 Å². The molecule has 114 valence electrons. The first kappa shape index (κ1) is 15.3. The molecule has 7 heteroatoms. The lowest BCUT2D eigenvalue weighted by Crippen LogP contribution is -2.03. The first-order valence-corrected chi connectivity index (χ1v) is 9.39. The van der Waals surface area contributed by atoms with Gasteiger partial charge in [0.15, 0.2) is 15.4 Å². The van der Waals surface area contributed by atoms with Crippen LogP contribution >= 0.6 is 22.9 Å². The number of sulfone groups is 1. The van der Waals surface area contributed by atoms with Crippen molar-refractivity contribution in [3.05, 3.63) is 45.4 Å². The van der Waals surface area contributed by atoms with Crippen LogP contribution in [-0.4, -0.2) is 19.2 Å². The first-order chi connectivity index (χ1) is 10.5. The van der Waals surface area contributed by atoms with Crippen LogP contribution in [-0.2, 0) is 9.84 Å². The summed E-state index contributed by atoms with van der Waals surface area (Å²) >= 11 is 7.32. The van der Waals surface area contributed by atoms with Crippen molar-refractivity contribution in [2.45, 2.75) is 11.8 Å². The van der Waals surface area contributed by atoms with Crippen molar-refractivity contribution in [3.8, 4) is 0 Å². The summed E-state index contributed by atoms with van der Waals surface area (Å²) in [7, 11) is -3.25. The van der Waals surface area contributed by atoms with Crippen LogP contribution in [0.5, 0.6) is 0 Å². The van der Waals surface area contributed by atoms with Crippen LogP contribution in [0.1, 0.15) is 17.7 Å². The first-order valence-electron chi connectivity index (χ1n) is 6.55. The van der Waals surface area contributed by atoms with Crippen molar-refractivity contribution in [2.24, 2.45) is 0 Å². The molecule has 0 fully saturated rings. The van der Waals surface area contributed by atoms with Gasteiger partial charge in [-0.1, -0.05) is 18.5 Å². The molecule has 0 amide bonds. The molecule has 0 aliphatic carbocycles. The molecular formula is C15H12ClNO3S2. The monoisotopic (exact) mass is 353 g/mol. The van der Waals surface area contributed by atoms with Crippen LogP contribution in [0.4, 0.5) is 0 Å². The molecule has 0 unspecified atom stereocenters. The highest BCUT2D eigenvalue weighted by molar-refractivity contribution is 7.91. The number of thiophene rings is 1. The Morgan fingerprint density at radius 1 is 1.27 bits per heavy atom. The molecule has 0 saturated heterocycles. The second-order valence-corrected chi connectivity index (χ2v) is 8.59. The maximum atomic E-state index is 11.9. The Kier molecular flexibility index (Phi) is 4.08. The summed E-state index contributed by atoms with van der Waals surface area (Å²) in [6, 6.07) is 8.43. The van der Waals surface area contributed by atoms with Gasteiger partial charge < -0.3 is 4.42 Å². The highest BCUT2D eigenvalue weighted by Crippen LogP contribution is 2.25. The van der Waals surface area contributed by atoms with Crippen molar-refractivity contribution in [2.75, 3.05) is 5.75 Å². The number of fused-ring (bicyclic) bond motifs is 1. The van der Waals surface area contributed by atoms with Crippen LogP contribution in [0.25, 0.3) is 23.3 Å². The average molecular weight is 354 g/mol. The fourth-order valence-electron chi connectivity index (χ4n) is 1.93. The number of aromatic nitrogens is 1. The van der Waals surface area contributed by atoms with Crippen LogP contribution in [0.15, 0.2) is 39.6 Å². The van der Waals surface area contributed by atoms with E-state index in [0.717, 1.165) is 4.88 Å². The van der Waals surface area contributed by atoms with Gasteiger partial charge in [0, 0.05) is 11.0 Å². The third kappa shape index (κ3) is 3.09. The Bertz CT molecular complexity index is 954. The molecule has 1 aromatic carbocycles. The van der Waals surface area contributed by atoms with E-state index in [1.165, 1.54) is 17.4 Å². The smallest absolute Gasteiger partial charge is 0.220 e.